The number of hydrogen-bond donors (Lipinski definition) is 1. The van der Waals surface area contributed by atoms with E-state index in [-0.39, 0.29) is 23.0 Å². The minimum Gasteiger partial charge on any atom is -0.459 e. The Balaban J connectivity index is 1.42. The Kier molecular flexibility index (Phi) is 4.22. The summed E-state index contributed by atoms with van der Waals surface area (Å²) < 4.78 is 29.6. The van der Waals surface area contributed by atoms with Gasteiger partial charge in [0.1, 0.15) is 11.3 Å². The molecule has 1 aromatic heterocycles. The van der Waals surface area contributed by atoms with Crippen LogP contribution in [-0.4, -0.2) is 43.9 Å². The van der Waals surface area contributed by atoms with Crippen LogP contribution in [0.15, 0.2) is 28.7 Å². The molecule has 2 aliphatic heterocycles. The Morgan fingerprint density at radius 2 is 2.12 bits per heavy atom. The van der Waals surface area contributed by atoms with Crippen LogP contribution in [-0.2, 0) is 16.4 Å². The normalized spacial score (nSPS) is 25.0. The van der Waals surface area contributed by atoms with Gasteiger partial charge in [-0.3, -0.25) is 0 Å². The second kappa shape index (κ2) is 6.30. The molecule has 1 atom stereocenters. The zero-order valence-corrected chi connectivity index (χ0v) is 15.8. The van der Waals surface area contributed by atoms with E-state index in [1.807, 2.05) is 31.2 Å². The Bertz CT molecular complexity index is 950. The molecule has 1 unspecified atom stereocenters. The minimum absolute atomic E-state index is 0.145. The van der Waals surface area contributed by atoms with Crippen LogP contribution in [0.4, 0.5) is 4.79 Å². The first kappa shape index (κ1) is 17.4. The third-order valence-electron chi connectivity index (χ3n) is 5.76. The molecule has 140 valence electrons. The highest BCUT2D eigenvalue weighted by molar-refractivity contribution is 7.91. The van der Waals surface area contributed by atoms with Crippen LogP contribution in [0.2, 0.25) is 0 Å². The van der Waals surface area contributed by atoms with Crippen LogP contribution >= 0.6 is 0 Å². The number of carbonyl (C=O) groups is 1. The summed E-state index contributed by atoms with van der Waals surface area (Å²) in [5.41, 5.74) is 1.62. The first-order valence-corrected chi connectivity index (χ1v) is 10.9. The summed E-state index contributed by atoms with van der Waals surface area (Å²) in [6, 6.07) is 7.68. The van der Waals surface area contributed by atoms with Gasteiger partial charge in [0, 0.05) is 29.5 Å². The fourth-order valence-corrected chi connectivity index (χ4v) is 6.55. The van der Waals surface area contributed by atoms with Gasteiger partial charge in [-0.25, -0.2) is 13.2 Å². The molecule has 0 bridgehead atoms. The smallest absolute Gasteiger partial charge is 0.317 e. The molecule has 0 aliphatic carbocycles. The topological polar surface area (TPSA) is 79.6 Å². The van der Waals surface area contributed by atoms with Crippen molar-refractivity contribution in [2.24, 2.45) is 5.41 Å². The minimum atomic E-state index is -2.95. The zero-order chi connectivity index (χ0) is 18.4. The summed E-state index contributed by atoms with van der Waals surface area (Å²) in [5.74, 6) is 1.22. The van der Waals surface area contributed by atoms with E-state index < -0.39 is 9.84 Å². The molecule has 6 nitrogen and oxygen atoms in total. The van der Waals surface area contributed by atoms with Crippen LogP contribution in [0.1, 0.15) is 30.6 Å². The summed E-state index contributed by atoms with van der Waals surface area (Å²) in [5, 5.41) is 4.00. The maximum Gasteiger partial charge on any atom is 0.317 e. The molecular weight excluding hydrogens is 352 g/mol. The number of piperidine rings is 1. The molecule has 7 heteroatoms. The molecule has 2 aromatic rings. The number of fused-ring (bicyclic) bond motifs is 1. The summed E-state index contributed by atoms with van der Waals surface area (Å²) in [7, 11) is -2.95. The number of likely N-dealkylation sites (tertiary alicyclic amines) is 1. The second-order valence-electron chi connectivity index (χ2n) is 7.67. The van der Waals surface area contributed by atoms with Crippen molar-refractivity contribution in [3.05, 3.63) is 35.6 Å². The van der Waals surface area contributed by atoms with Crippen molar-refractivity contribution in [3.8, 4) is 0 Å². The third-order valence-corrected chi connectivity index (χ3v) is 7.64. The highest BCUT2D eigenvalue weighted by Gasteiger charge is 2.45. The number of nitrogens with zero attached hydrogens (tertiary/aromatic N) is 1. The van der Waals surface area contributed by atoms with E-state index in [0.29, 0.717) is 26.1 Å². The lowest BCUT2D eigenvalue weighted by atomic mass is 9.80. The molecular formula is C19H24N2O4S. The van der Waals surface area contributed by atoms with Gasteiger partial charge in [0.25, 0.3) is 0 Å². The number of sulfone groups is 1. The largest absolute Gasteiger partial charge is 0.459 e. The molecule has 1 N–H and O–H groups in total. The number of hydrogen-bond acceptors (Lipinski definition) is 4. The molecule has 1 aromatic carbocycles. The Morgan fingerprint density at radius 3 is 2.85 bits per heavy atom. The fourth-order valence-electron chi connectivity index (χ4n) is 4.35. The lowest BCUT2D eigenvalue weighted by molar-refractivity contribution is 0.121. The van der Waals surface area contributed by atoms with E-state index >= 15 is 0 Å². The van der Waals surface area contributed by atoms with E-state index in [1.165, 1.54) is 0 Å². The van der Waals surface area contributed by atoms with E-state index in [0.717, 1.165) is 35.1 Å². The van der Waals surface area contributed by atoms with Crippen molar-refractivity contribution in [1.29, 1.82) is 0 Å². The van der Waals surface area contributed by atoms with Gasteiger partial charge in [-0.15, -0.1) is 0 Å². The molecule has 4 rings (SSSR count). The quantitative estimate of drug-likeness (QED) is 0.874. The van der Waals surface area contributed by atoms with E-state index in [2.05, 4.69) is 5.32 Å². The van der Waals surface area contributed by atoms with Crippen molar-refractivity contribution >= 4 is 26.8 Å². The molecule has 3 heterocycles. The molecule has 0 saturated carbocycles. The predicted molar refractivity (Wildman–Crippen MR) is 99.7 cm³/mol. The molecule has 2 fully saturated rings. The molecule has 2 aliphatic rings. The summed E-state index contributed by atoms with van der Waals surface area (Å²) >= 11 is 0. The number of amides is 2. The number of para-hydroxylation sites is 1. The predicted octanol–water partition coefficient (Wildman–Crippen LogP) is 2.85. The average molecular weight is 376 g/mol. The number of furan rings is 1. The third kappa shape index (κ3) is 3.20. The monoisotopic (exact) mass is 376 g/mol. The number of carbonyl (C=O) groups excluding carboxylic acids is 1. The van der Waals surface area contributed by atoms with Crippen molar-refractivity contribution in [2.75, 3.05) is 24.6 Å². The lowest BCUT2D eigenvalue weighted by Crippen LogP contribution is -2.50. The Morgan fingerprint density at radius 1 is 1.31 bits per heavy atom. The summed E-state index contributed by atoms with van der Waals surface area (Å²) in [6.45, 7) is 3.53. The van der Waals surface area contributed by atoms with Crippen LogP contribution in [0.3, 0.4) is 0 Å². The van der Waals surface area contributed by atoms with Crippen LogP contribution in [0, 0.1) is 12.3 Å². The maximum atomic E-state index is 12.6. The number of benzene rings is 1. The van der Waals surface area contributed by atoms with Crippen molar-refractivity contribution in [1.82, 2.24) is 10.2 Å². The number of nitrogens with one attached hydrogen (secondary N) is 1. The molecule has 0 radical (unpaired) electrons. The van der Waals surface area contributed by atoms with E-state index in [4.69, 9.17) is 4.42 Å². The van der Waals surface area contributed by atoms with Crippen LogP contribution in [0.25, 0.3) is 11.0 Å². The fraction of sp³-hybridized carbons (Fsp3) is 0.526. The Labute approximate surface area is 153 Å². The molecule has 2 saturated heterocycles. The number of rotatable bonds is 2. The zero-order valence-electron chi connectivity index (χ0n) is 15.0. The Hall–Kier alpha value is -2.02. The molecule has 26 heavy (non-hydrogen) atoms. The first-order chi connectivity index (χ1) is 12.4. The maximum absolute atomic E-state index is 12.6. The highest BCUT2D eigenvalue weighted by atomic mass is 32.2. The van der Waals surface area contributed by atoms with Crippen molar-refractivity contribution in [3.63, 3.8) is 0 Å². The van der Waals surface area contributed by atoms with Gasteiger partial charge in [-0.05, 0) is 32.3 Å². The number of aryl methyl sites for hydroxylation is 1. The van der Waals surface area contributed by atoms with Gasteiger partial charge >= 0.3 is 6.03 Å². The van der Waals surface area contributed by atoms with Gasteiger partial charge in [-0.2, -0.15) is 0 Å². The van der Waals surface area contributed by atoms with Crippen LogP contribution < -0.4 is 5.32 Å². The molecule has 1 spiro atoms. The van der Waals surface area contributed by atoms with E-state index in [1.54, 1.807) is 4.90 Å². The first-order valence-electron chi connectivity index (χ1n) is 9.08. The van der Waals surface area contributed by atoms with Crippen LogP contribution in [0.5, 0.6) is 0 Å². The second-order valence-corrected chi connectivity index (χ2v) is 9.86. The summed E-state index contributed by atoms with van der Waals surface area (Å²) in [6.07, 6.45) is 2.41. The van der Waals surface area contributed by atoms with Crippen molar-refractivity contribution < 1.29 is 17.6 Å². The number of urea groups is 1. The van der Waals surface area contributed by atoms with Gasteiger partial charge in [0.2, 0.25) is 0 Å². The highest BCUT2D eigenvalue weighted by Crippen LogP contribution is 2.40. The van der Waals surface area contributed by atoms with Gasteiger partial charge < -0.3 is 14.6 Å². The standard InChI is InChI=1S/C19H24N2O4S/c1-14-15-5-2-3-6-16(15)25-17(14)11-20-18(22)21-9-4-7-19(12-21)8-10-26(23,24)13-19/h2-3,5-6H,4,7-13H2,1H3,(H,20,22). The SMILES string of the molecule is Cc1c(CNC(=O)N2CCCC3(CCS(=O)(=O)C3)C2)oc2ccccc12. The van der Waals surface area contributed by atoms with Gasteiger partial charge in [0.05, 0.1) is 18.1 Å². The lowest BCUT2D eigenvalue weighted by Gasteiger charge is -2.39. The van der Waals surface area contributed by atoms with E-state index in [9.17, 15) is 13.2 Å². The molecule has 2 amide bonds. The van der Waals surface area contributed by atoms with Gasteiger partial charge in [0.15, 0.2) is 9.84 Å². The van der Waals surface area contributed by atoms with Gasteiger partial charge in [-0.1, -0.05) is 18.2 Å². The van der Waals surface area contributed by atoms with Crippen molar-refractivity contribution in [2.45, 2.75) is 32.7 Å². The summed E-state index contributed by atoms with van der Waals surface area (Å²) in [4.78, 5) is 14.4. The average Bonchev–Trinajstić information content (AvgIpc) is 3.09.